The molecule has 1 aliphatic heterocycles. The molecule has 0 aromatic heterocycles. The van der Waals surface area contributed by atoms with Crippen molar-refractivity contribution in [2.24, 2.45) is 5.92 Å². The monoisotopic (exact) mass is 309 g/mol. The number of anilines is 1. The number of carbonyl (C=O) groups excluding carboxylic acids is 2. The van der Waals surface area contributed by atoms with Gasteiger partial charge in [-0.05, 0) is 18.2 Å². The second-order valence-electron chi connectivity index (χ2n) is 5.51. The van der Waals surface area contributed by atoms with Gasteiger partial charge in [-0.3, -0.25) is 9.59 Å². The highest BCUT2D eigenvalue weighted by molar-refractivity contribution is 6.33. The molecule has 6 heteroatoms. The van der Waals surface area contributed by atoms with E-state index in [1.165, 1.54) is 0 Å². The molecule has 1 aromatic carbocycles. The molecule has 1 heterocycles. The number of carbonyl (C=O) groups is 2. The van der Waals surface area contributed by atoms with Crippen molar-refractivity contribution in [2.45, 2.75) is 13.8 Å². The summed E-state index contributed by atoms with van der Waals surface area (Å²) in [6.07, 6.45) is 0. The number of nitrogen functional groups attached to an aromatic ring is 1. The van der Waals surface area contributed by atoms with Crippen LogP contribution in [0.5, 0.6) is 0 Å². The molecule has 21 heavy (non-hydrogen) atoms. The van der Waals surface area contributed by atoms with Crippen LogP contribution < -0.4 is 5.73 Å². The molecule has 0 aliphatic carbocycles. The quantitative estimate of drug-likeness (QED) is 0.848. The maximum atomic E-state index is 12.4. The fraction of sp³-hybridized carbons (Fsp3) is 0.467. The number of halogens is 1. The summed E-state index contributed by atoms with van der Waals surface area (Å²) in [7, 11) is 0. The van der Waals surface area contributed by atoms with Gasteiger partial charge in [0.05, 0.1) is 10.7 Å². The van der Waals surface area contributed by atoms with Gasteiger partial charge in [0, 0.05) is 37.7 Å². The van der Waals surface area contributed by atoms with E-state index in [1.807, 2.05) is 18.7 Å². The third kappa shape index (κ3) is 3.47. The van der Waals surface area contributed by atoms with Gasteiger partial charge in [-0.15, -0.1) is 0 Å². The summed E-state index contributed by atoms with van der Waals surface area (Å²) in [5, 5.41) is 0.384. The molecular weight excluding hydrogens is 290 g/mol. The molecular formula is C15H20ClN3O2. The van der Waals surface area contributed by atoms with Gasteiger partial charge in [0.25, 0.3) is 5.91 Å². The predicted molar refractivity (Wildman–Crippen MR) is 83.2 cm³/mol. The van der Waals surface area contributed by atoms with Crippen molar-refractivity contribution in [2.75, 3.05) is 31.9 Å². The first kappa shape index (κ1) is 15.6. The Bertz CT molecular complexity index is 552. The third-order valence-corrected chi connectivity index (χ3v) is 3.95. The SMILES string of the molecule is CC(C)C(=O)N1CCN(C(=O)c2ccc(N)c(Cl)c2)CC1. The van der Waals surface area contributed by atoms with Gasteiger partial charge in [-0.2, -0.15) is 0 Å². The first-order valence-electron chi connectivity index (χ1n) is 7.03. The number of amides is 2. The van der Waals surface area contributed by atoms with Crippen molar-refractivity contribution in [1.82, 2.24) is 9.80 Å². The standard InChI is InChI=1S/C15H20ClN3O2/c1-10(2)14(20)18-5-7-19(8-6-18)15(21)11-3-4-13(17)12(16)9-11/h3-4,9-10H,5-8,17H2,1-2H3. The number of benzene rings is 1. The number of rotatable bonds is 2. The fourth-order valence-electron chi connectivity index (χ4n) is 2.34. The lowest BCUT2D eigenvalue weighted by Crippen LogP contribution is -2.51. The van der Waals surface area contributed by atoms with Gasteiger partial charge in [-0.25, -0.2) is 0 Å². The lowest BCUT2D eigenvalue weighted by Gasteiger charge is -2.35. The van der Waals surface area contributed by atoms with Crippen LogP contribution in [-0.2, 0) is 4.79 Å². The summed E-state index contributed by atoms with van der Waals surface area (Å²) in [6, 6.07) is 4.90. The van der Waals surface area contributed by atoms with Crippen molar-refractivity contribution in [3.63, 3.8) is 0 Å². The molecule has 2 amide bonds. The van der Waals surface area contributed by atoms with Crippen LogP contribution in [0.4, 0.5) is 5.69 Å². The molecule has 0 spiro atoms. The molecule has 1 aromatic rings. The summed E-state index contributed by atoms with van der Waals surface area (Å²) >= 11 is 5.95. The Kier molecular flexibility index (Phi) is 4.73. The largest absolute Gasteiger partial charge is 0.398 e. The van der Waals surface area contributed by atoms with E-state index in [4.69, 9.17) is 17.3 Å². The highest BCUT2D eigenvalue weighted by Crippen LogP contribution is 2.21. The lowest BCUT2D eigenvalue weighted by atomic mass is 10.1. The van der Waals surface area contributed by atoms with E-state index in [0.29, 0.717) is 42.5 Å². The average Bonchev–Trinajstić information content (AvgIpc) is 2.48. The molecule has 0 unspecified atom stereocenters. The highest BCUT2D eigenvalue weighted by Gasteiger charge is 2.26. The molecule has 0 bridgehead atoms. The minimum atomic E-state index is -0.0754. The number of piperazine rings is 1. The first-order chi connectivity index (χ1) is 9.90. The van der Waals surface area contributed by atoms with Gasteiger partial charge in [0.15, 0.2) is 0 Å². The van der Waals surface area contributed by atoms with E-state index in [1.54, 1.807) is 23.1 Å². The van der Waals surface area contributed by atoms with Gasteiger partial charge in [0.1, 0.15) is 0 Å². The lowest BCUT2D eigenvalue weighted by molar-refractivity contribution is -0.135. The van der Waals surface area contributed by atoms with Gasteiger partial charge >= 0.3 is 0 Å². The molecule has 2 N–H and O–H groups in total. The predicted octanol–water partition coefficient (Wildman–Crippen LogP) is 1.86. The zero-order valence-corrected chi connectivity index (χ0v) is 13.1. The fourth-order valence-corrected chi connectivity index (χ4v) is 2.52. The van der Waals surface area contributed by atoms with Gasteiger partial charge in [0.2, 0.25) is 5.91 Å². The summed E-state index contributed by atoms with van der Waals surface area (Å²) in [6.45, 7) is 6.00. The Morgan fingerprint density at radius 2 is 1.71 bits per heavy atom. The number of hydrogen-bond donors (Lipinski definition) is 1. The van der Waals surface area contributed by atoms with Crippen LogP contribution in [0.15, 0.2) is 18.2 Å². The van der Waals surface area contributed by atoms with Crippen LogP contribution in [0.25, 0.3) is 0 Å². The Balaban J connectivity index is 2.00. The van der Waals surface area contributed by atoms with Crippen molar-refractivity contribution >= 4 is 29.1 Å². The van der Waals surface area contributed by atoms with Crippen molar-refractivity contribution in [3.8, 4) is 0 Å². The second-order valence-corrected chi connectivity index (χ2v) is 5.92. The Hall–Kier alpha value is -1.75. The maximum absolute atomic E-state index is 12.4. The minimum absolute atomic E-state index is 0.0110. The normalized spacial score (nSPS) is 15.4. The number of nitrogens with two attached hydrogens (primary N) is 1. The van der Waals surface area contributed by atoms with E-state index >= 15 is 0 Å². The van der Waals surface area contributed by atoms with Crippen molar-refractivity contribution in [1.29, 1.82) is 0 Å². The van der Waals surface area contributed by atoms with E-state index < -0.39 is 0 Å². The summed E-state index contributed by atoms with van der Waals surface area (Å²) in [5.74, 6) is 0.0503. The molecule has 1 aliphatic rings. The van der Waals surface area contributed by atoms with Gasteiger partial charge < -0.3 is 15.5 Å². The van der Waals surface area contributed by atoms with Crippen molar-refractivity contribution in [3.05, 3.63) is 28.8 Å². The summed E-state index contributed by atoms with van der Waals surface area (Å²) in [4.78, 5) is 27.9. The number of nitrogens with zero attached hydrogens (tertiary/aromatic N) is 2. The molecule has 1 fully saturated rings. The van der Waals surface area contributed by atoms with E-state index in [2.05, 4.69) is 0 Å². The van der Waals surface area contributed by atoms with Crippen LogP contribution in [0, 0.1) is 5.92 Å². The molecule has 0 saturated carbocycles. The molecule has 0 atom stereocenters. The zero-order chi connectivity index (χ0) is 15.6. The van der Waals surface area contributed by atoms with Crippen LogP contribution in [0.2, 0.25) is 5.02 Å². The topological polar surface area (TPSA) is 66.6 Å². The summed E-state index contributed by atoms with van der Waals surface area (Å²) in [5.41, 5.74) is 6.63. The van der Waals surface area contributed by atoms with E-state index in [9.17, 15) is 9.59 Å². The molecule has 0 radical (unpaired) electrons. The smallest absolute Gasteiger partial charge is 0.254 e. The molecule has 5 nitrogen and oxygen atoms in total. The van der Waals surface area contributed by atoms with E-state index in [-0.39, 0.29) is 17.7 Å². The molecule has 1 saturated heterocycles. The Labute approximate surface area is 129 Å². The third-order valence-electron chi connectivity index (χ3n) is 3.62. The molecule has 114 valence electrons. The number of hydrogen-bond acceptors (Lipinski definition) is 3. The summed E-state index contributed by atoms with van der Waals surface area (Å²) < 4.78 is 0. The zero-order valence-electron chi connectivity index (χ0n) is 12.3. The van der Waals surface area contributed by atoms with Crippen LogP contribution in [0.1, 0.15) is 24.2 Å². The Morgan fingerprint density at radius 3 is 2.24 bits per heavy atom. The minimum Gasteiger partial charge on any atom is -0.398 e. The van der Waals surface area contributed by atoms with Crippen LogP contribution in [-0.4, -0.2) is 47.8 Å². The van der Waals surface area contributed by atoms with Gasteiger partial charge in [-0.1, -0.05) is 25.4 Å². The highest BCUT2D eigenvalue weighted by atomic mass is 35.5. The average molecular weight is 310 g/mol. The first-order valence-corrected chi connectivity index (χ1v) is 7.41. The second kappa shape index (κ2) is 6.35. The maximum Gasteiger partial charge on any atom is 0.254 e. The Morgan fingerprint density at radius 1 is 1.14 bits per heavy atom. The van der Waals surface area contributed by atoms with E-state index in [0.717, 1.165) is 0 Å². The van der Waals surface area contributed by atoms with Crippen LogP contribution >= 0.6 is 11.6 Å². The molecule has 2 rings (SSSR count). The van der Waals surface area contributed by atoms with Crippen LogP contribution in [0.3, 0.4) is 0 Å². The van der Waals surface area contributed by atoms with Crippen molar-refractivity contribution < 1.29 is 9.59 Å².